The molecule has 0 saturated heterocycles. The van der Waals surface area contributed by atoms with Gasteiger partial charge in [0, 0.05) is 23.9 Å². The lowest BCUT2D eigenvalue weighted by Crippen LogP contribution is -2.38. The van der Waals surface area contributed by atoms with Crippen molar-refractivity contribution in [1.82, 2.24) is 0 Å². The van der Waals surface area contributed by atoms with Crippen LogP contribution in [0, 0.1) is 0 Å². The van der Waals surface area contributed by atoms with E-state index in [9.17, 15) is 9.59 Å². The number of amides is 1. The first-order valence-corrected chi connectivity index (χ1v) is 9.96. The van der Waals surface area contributed by atoms with Gasteiger partial charge in [0.25, 0.3) is 5.91 Å². The Bertz CT molecular complexity index is 1060. The summed E-state index contributed by atoms with van der Waals surface area (Å²) in [6.45, 7) is 0.504. The number of rotatable bonds is 6. The van der Waals surface area contributed by atoms with Gasteiger partial charge in [-0.05, 0) is 36.6 Å². The van der Waals surface area contributed by atoms with E-state index in [4.69, 9.17) is 9.47 Å². The van der Waals surface area contributed by atoms with Gasteiger partial charge in [-0.2, -0.15) is 0 Å². The lowest BCUT2D eigenvalue weighted by Gasteiger charge is -2.29. The van der Waals surface area contributed by atoms with E-state index >= 15 is 0 Å². The minimum atomic E-state index is -0.163. The number of hydrogen-bond acceptors (Lipinski definition) is 4. The molecule has 0 saturated carbocycles. The summed E-state index contributed by atoms with van der Waals surface area (Å²) in [5.41, 5.74) is 3.06. The highest BCUT2D eigenvalue weighted by Gasteiger charge is 2.23. The van der Waals surface area contributed by atoms with Gasteiger partial charge in [0.2, 0.25) is 0 Å². The molecule has 0 bridgehead atoms. The third kappa shape index (κ3) is 4.06. The first-order chi connectivity index (χ1) is 14.7. The van der Waals surface area contributed by atoms with Gasteiger partial charge in [0.15, 0.2) is 12.4 Å². The molecule has 0 aromatic heterocycles. The molecular weight excluding hydrogens is 378 g/mol. The Labute approximate surface area is 175 Å². The van der Waals surface area contributed by atoms with E-state index in [-0.39, 0.29) is 18.3 Å². The number of nitrogens with zero attached hydrogens (tertiary/aromatic N) is 1. The molecule has 0 unspecified atom stereocenters. The van der Waals surface area contributed by atoms with Gasteiger partial charge in [-0.1, -0.05) is 48.5 Å². The van der Waals surface area contributed by atoms with Crippen molar-refractivity contribution < 1.29 is 19.1 Å². The molecule has 5 heteroatoms. The van der Waals surface area contributed by atoms with Gasteiger partial charge >= 0.3 is 0 Å². The molecule has 1 aliphatic heterocycles. The Hall–Kier alpha value is -3.60. The number of hydrogen-bond donors (Lipinski definition) is 0. The van der Waals surface area contributed by atoms with Crippen molar-refractivity contribution in [2.24, 2.45) is 0 Å². The molecule has 0 radical (unpaired) electrons. The van der Waals surface area contributed by atoms with Crippen LogP contribution in [0.5, 0.6) is 11.5 Å². The van der Waals surface area contributed by atoms with Crippen molar-refractivity contribution in [3.05, 3.63) is 89.5 Å². The summed E-state index contributed by atoms with van der Waals surface area (Å²) in [5, 5.41) is 0. The smallest absolute Gasteiger partial charge is 0.264 e. The average Bonchev–Trinajstić information content (AvgIpc) is 2.82. The summed E-state index contributed by atoms with van der Waals surface area (Å²) in [4.78, 5) is 27.6. The second kappa shape index (κ2) is 8.82. The predicted molar refractivity (Wildman–Crippen MR) is 115 cm³/mol. The Kier molecular flexibility index (Phi) is 5.80. The molecule has 5 nitrogen and oxygen atoms in total. The third-order valence-electron chi connectivity index (χ3n) is 5.23. The predicted octanol–water partition coefficient (Wildman–Crippen LogP) is 4.28. The number of carbonyl (C=O) groups is 2. The van der Waals surface area contributed by atoms with Crippen LogP contribution in [0.1, 0.15) is 27.9 Å². The number of anilines is 1. The fourth-order valence-electron chi connectivity index (χ4n) is 3.69. The molecule has 1 aliphatic rings. The number of ether oxygens (including phenoxy) is 2. The molecule has 152 valence electrons. The van der Waals surface area contributed by atoms with Crippen LogP contribution in [0.4, 0.5) is 5.69 Å². The van der Waals surface area contributed by atoms with E-state index in [0.29, 0.717) is 29.2 Å². The van der Waals surface area contributed by atoms with Crippen molar-refractivity contribution in [2.45, 2.75) is 12.8 Å². The van der Waals surface area contributed by atoms with E-state index < -0.39 is 0 Å². The summed E-state index contributed by atoms with van der Waals surface area (Å²) in [7, 11) is 1.55. The number of carbonyl (C=O) groups excluding carboxylic acids is 2. The highest BCUT2D eigenvalue weighted by molar-refractivity contribution is 6.10. The molecule has 0 N–H and O–H groups in total. The van der Waals surface area contributed by atoms with Crippen LogP contribution >= 0.6 is 0 Å². The Morgan fingerprint density at radius 2 is 1.73 bits per heavy atom. The van der Waals surface area contributed by atoms with Gasteiger partial charge < -0.3 is 14.4 Å². The molecule has 0 atom stereocenters. The molecule has 1 heterocycles. The van der Waals surface area contributed by atoms with Crippen LogP contribution < -0.4 is 14.4 Å². The molecule has 0 aliphatic carbocycles. The van der Waals surface area contributed by atoms with E-state index in [1.165, 1.54) is 5.56 Å². The molecule has 3 aromatic carbocycles. The van der Waals surface area contributed by atoms with E-state index in [1.54, 1.807) is 42.3 Å². The normalized spacial score (nSPS) is 12.8. The number of ketones is 1. The molecule has 1 amide bonds. The number of fused-ring (bicyclic) bond motifs is 1. The molecule has 4 rings (SSSR count). The number of para-hydroxylation sites is 1. The monoisotopic (exact) mass is 401 g/mol. The Balaban J connectivity index is 1.56. The highest BCUT2D eigenvalue weighted by atomic mass is 16.5. The lowest BCUT2D eigenvalue weighted by molar-refractivity contribution is -0.120. The maximum Gasteiger partial charge on any atom is 0.264 e. The highest BCUT2D eigenvalue weighted by Crippen LogP contribution is 2.29. The maximum atomic E-state index is 13.0. The first-order valence-electron chi connectivity index (χ1n) is 9.96. The molecule has 0 spiro atoms. The summed E-state index contributed by atoms with van der Waals surface area (Å²) in [5.74, 6) is 0.597. The lowest BCUT2D eigenvalue weighted by atomic mass is 10.0. The summed E-state index contributed by atoms with van der Waals surface area (Å²) in [6, 6.07) is 22.0. The van der Waals surface area contributed by atoms with Crippen LogP contribution in [-0.4, -0.2) is 32.0 Å². The van der Waals surface area contributed by atoms with Crippen LogP contribution in [0.25, 0.3) is 0 Å². The van der Waals surface area contributed by atoms with Gasteiger partial charge in [-0.25, -0.2) is 0 Å². The zero-order chi connectivity index (χ0) is 20.9. The van der Waals surface area contributed by atoms with Gasteiger partial charge in [0.1, 0.15) is 11.5 Å². The maximum absolute atomic E-state index is 13.0. The van der Waals surface area contributed by atoms with E-state index in [0.717, 1.165) is 18.5 Å². The molecular formula is C25H23NO4. The van der Waals surface area contributed by atoms with Crippen molar-refractivity contribution in [3.63, 3.8) is 0 Å². The Morgan fingerprint density at radius 3 is 2.53 bits per heavy atom. The van der Waals surface area contributed by atoms with Crippen molar-refractivity contribution in [2.75, 3.05) is 25.2 Å². The minimum absolute atomic E-state index is 0.136. The Morgan fingerprint density at radius 1 is 0.967 bits per heavy atom. The van der Waals surface area contributed by atoms with Crippen molar-refractivity contribution in [1.29, 1.82) is 0 Å². The van der Waals surface area contributed by atoms with Gasteiger partial charge in [-0.15, -0.1) is 0 Å². The zero-order valence-electron chi connectivity index (χ0n) is 16.8. The summed E-state index contributed by atoms with van der Waals surface area (Å²) < 4.78 is 11.1. The molecule has 0 fully saturated rings. The second-order valence-corrected chi connectivity index (χ2v) is 7.12. The fraction of sp³-hybridized carbons (Fsp3) is 0.200. The number of methoxy groups -OCH3 is 1. The SMILES string of the molecule is COc1ccc(C(=O)c2ccccc2)c(OCC(=O)N2CCCc3ccccc32)c1. The topological polar surface area (TPSA) is 55.8 Å². The molecule has 3 aromatic rings. The average molecular weight is 401 g/mol. The standard InChI is InChI=1S/C25H23NO4/c1-29-20-13-14-21(25(28)19-9-3-2-4-10-19)23(16-20)30-17-24(27)26-15-7-11-18-8-5-6-12-22(18)26/h2-6,8-10,12-14,16H,7,11,15,17H2,1H3. The van der Waals surface area contributed by atoms with Crippen molar-refractivity contribution >= 4 is 17.4 Å². The molecule has 30 heavy (non-hydrogen) atoms. The number of aryl methyl sites for hydroxylation is 1. The largest absolute Gasteiger partial charge is 0.497 e. The second-order valence-electron chi connectivity index (χ2n) is 7.12. The van der Waals surface area contributed by atoms with E-state index in [2.05, 4.69) is 0 Å². The van der Waals surface area contributed by atoms with Gasteiger partial charge in [-0.3, -0.25) is 9.59 Å². The third-order valence-corrected chi connectivity index (χ3v) is 5.23. The quantitative estimate of drug-likeness (QED) is 0.579. The summed E-state index contributed by atoms with van der Waals surface area (Å²) in [6.07, 6.45) is 1.88. The van der Waals surface area contributed by atoms with E-state index in [1.807, 2.05) is 42.5 Å². The van der Waals surface area contributed by atoms with Crippen LogP contribution in [-0.2, 0) is 11.2 Å². The van der Waals surface area contributed by atoms with Crippen molar-refractivity contribution in [3.8, 4) is 11.5 Å². The number of benzene rings is 3. The van der Waals surface area contributed by atoms with Crippen LogP contribution in [0.15, 0.2) is 72.8 Å². The first kappa shape index (κ1) is 19.7. The van der Waals surface area contributed by atoms with Crippen LogP contribution in [0.2, 0.25) is 0 Å². The van der Waals surface area contributed by atoms with Crippen LogP contribution in [0.3, 0.4) is 0 Å². The zero-order valence-corrected chi connectivity index (χ0v) is 16.8. The summed E-state index contributed by atoms with van der Waals surface area (Å²) >= 11 is 0. The minimum Gasteiger partial charge on any atom is -0.497 e. The van der Waals surface area contributed by atoms with Gasteiger partial charge in [0.05, 0.1) is 12.7 Å². The fourth-order valence-corrected chi connectivity index (χ4v) is 3.69.